The fourth-order valence-corrected chi connectivity index (χ4v) is 1.27. The zero-order chi connectivity index (χ0) is 10.2. The van der Waals surface area contributed by atoms with Gasteiger partial charge in [0.05, 0.1) is 17.9 Å². The Morgan fingerprint density at radius 1 is 1.57 bits per heavy atom. The van der Waals surface area contributed by atoms with Crippen molar-refractivity contribution in [3.8, 4) is 0 Å². The monoisotopic (exact) mass is 192 g/mol. The molecule has 4 heteroatoms. The van der Waals surface area contributed by atoms with Crippen LogP contribution in [0.1, 0.15) is 31.0 Å². The molecule has 0 aliphatic rings. The predicted molar refractivity (Wildman–Crippen MR) is 56.1 cm³/mol. The topological polar surface area (TPSA) is 63.8 Å². The van der Waals surface area contributed by atoms with Crippen LogP contribution in [0.5, 0.6) is 0 Å². The second kappa shape index (κ2) is 6.23. The number of hydrogen-bond donors (Lipinski definition) is 2. The fraction of sp³-hybridized carbons (Fsp3) is 0.400. The van der Waals surface area contributed by atoms with Gasteiger partial charge in [0, 0.05) is 12.4 Å². The average molecular weight is 192 g/mol. The third kappa shape index (κ3) is 3.24. The molecule has 0 fully saturated rings. The van der Waals surface area contributed by atoms with Gasteiger partial charge in [0.15, 0.2) is 0 Å². The Bertz CT molecular complexity index is 260. The molecule has 1 aromatic rings. The summed E-state index contributed by atoms with van der Waals surface area (Å²) in [6.07, 6.45) is 9.96. The summed E-state index contributed by atoms with van der Waals surface area (Å²) in [6.45, 7) is 3.68. The summed E-state index contributed by atoms with van der Waals surface area (Å²) >= 11 is 0. The molecule has 4 nitrogen and oxygen atoms in total. The van der Waals surface area contributed by atoms with Crippen molar-refractivity contribution >= 4 is 0 Å². The van der Waals surface area contributed by atoms with Crippen LogP contribution in [0.25, 0.3) is 0 Å². The van der Waals surface area contributed by atoms with Crippen molar-refractivity contribution in [2.24, 2.45) is 5.84 Å². The van der Waals surface area contributed by atoms with Gasteiger partial charge in [0.25, 0.3) is 0 Å². The van der Waals surface area contributed by atoms with E-state index in [1.54, 1.807) is 18.6 Å². The Kier molecular flexibility index (Phi) is 4.82. The Labute approximate surface area is 84.2 Å². The van der Waals surface area contributed by atoms with Gasteiger partial charge in [-0.05, 0) is 19.3 Å². The molecule has 0 aliphatic carbocycles. The van der Waals surface area contributed by atoms with Gasteiger partial charge < -0.3 is 0 Å². The molecular weight excluding hydrogens is 176 g/mol. The molecule has 1 unspecified atom stereocenters. The largest absolute Gasteiger partial charge is 0.271 e. The van der Waals surface area contributed by atoms with Crippen LogP contribution < -0.4 is 11.3 Å². The molecular formula is C10H16N4. The fourth-order valence-electron chi connectivity index (χ4n) is 1.27. The highest BCUT2D eigenvalue weighted by molar-refractivity contribution is 5.01. The first-order valence-electron chi connectivity index (χ1n) is 4.71. The molecule has 14 heavy (non-hydrogen) atoms. The highest BCUT2D eigenvalue weighted by Crippen LogP contribution is 2.14. The number of nitrogens with two attached hydrogens (primary N) is 1. The normalized spacial score (nSPS) is 12.4. The van der Waals surface area contributed by atoms with Crippen LogP contribution in [-0.4, -0.2) is 9.97 Å². The first-order valence-corrected chi connectivity index (χ1v) is 4.71. The van der Waals surface area contributed by atoms with Crippen molar-refractivity contribution < 1.29 is 0 Å². The maximum absolute atomic E-state index is 5.44. The third-order valence-corrected chi connectivity index (χ3v) is 2.04. The summed E-state index contributed by atoms with van der Waals surface area (Å²) in [5, 5.41) is 0. The quantitative estimate of drug-likeness (QED) is 0.309. The van der Waals surface area contributed by atoms with Crippen LogP contribution in [0.15, 0.2) is 31.2 Å². The maximum Gasteiger partial charge on any atom is 0.0769 e. The highest BCUT2D eigenvalue weighted by atomic mass is 15.2. The molecule has 3 N–H and O–H groups in total. The number of hydrogen-bond acceptors (Lipinski definition) is 4. The number of nitrogens with zero attached hydrogens (tertiary/aromatic N) is 2. The lowest BCUT2D eigenvalue weighted by atomic mass is 10.1. The Morgan fingerprint density at radius 2 is 2.43 bits per heavy atom. The van der Waals surface area contributed by atoms with Gasteiger partial charge >= 0.3 is 0 Å². The number of aromatic nitrogens is 2. The zero-order valence-electron chi connectivity index (χ0n) is 8.19. The Morgan fingerprint density at radius 3 is 3.00 bits per heavy atom. The van der Waals surface area contributed by atoms with Crippen LogP contribution in [0.3, 0.4) is 0 Å². The number of nitrogens with one attached hydrogen (secondary N) is 1. The number of hydrazine groups is 1. The van der Waals surface area contributed by atoms with E-state index in [9.17, 15) is 0 Å². The van der Waals surface area contributed by atoms with E-state index in [0.717, 1.165) is 25.0 Å². The van der Waals surface area contributed by atoms with Crippen LogP contribution in [0, 0.1) is 0 Å². The first kappa shape index (κ1) is 10.8. The van der Waals surface area contributed by atoms with Gasteiger partial charge in [-0.1, -0.05) is 6.08 Å². The SMILES string of the molecule is C=CCCCC(NN)c1cnccn1. The molecule has 1 rings (SSSR count). The summed E-state index contributed by atoms with van der Waals surface area (Å²) < 4.78 is 0. The van der Waals surface area contributed by atoms with E-state index in [1.807, 2.05) is 6.08 Å². The minimum absolute atomic E-state index is 0.0867. The molecule has 0 saturated heterocycles. The van der Waals surface area contributed by atoms with E-state index in [-0.39, 0.29) is 6.04 Å². The maximum atomic E-state index is 5.44. The van der Waals surface area contributed by atoms with E-state index >= 15 is 0 Å². The second-order valence-corrected chi connectivity index (χ2v) is 3.07. The summed E-state index contributed by atoms with van der Waals surface area (Å²) in [4.78, 5) is 8.20. The molecule has 1 atom stereocenters. The highest BCUT2D eigenvalue weighted by Gasteiger charge is 2.09. The van der Waals surface area contributed by atoms with Crippen LogP contribution in [-0.2, 0) is 0 Å². The van der Waals surface area contributed by atoms with Crippen molar-refractivity contribution in [1.29, 1.82) is 0 Å². The summed E-state index contributed by atoms with van der Waals surface area (Å²) in [5.41, 5.74) is 3.63. The Hall–Kier alpha value is -1.26. The van der Waals surface area contributed by atoms with Crippen LogP contribution >= 0.6 is 0 Å². The number of allylic oxidation sites excluding steroid dienone is 1. The molecule has 1 aromatic heterocycles. The molecule has 1 heterocycles. The molecule has 0 aliphatic heterocycles. The van der Waals surface area contributed by atoms with Crippen molar-refractivity contribution in [2.75, 3.05) is 0 Å². The number of unbranched alkanes of at least 4 members (excludes halogenated alkanes) is 1. The van der Waals surface area contributed by atoms with Gasteiger partial charge in [-0.3, -0.25) is 21.2 Å². The molecule has 0 aromatic carbocycles. The molecule has 76 valence electrons. The standard InChI is InChI=1S/C10H16N4/c1-2-3-4-5-9(14-11)10-8-12-6-7-13-10/h2,6-9,14H,1,3-5,11H2. The minimum atomic E-state index is 0.0867. The van der Waals surface area contributed by atoms with Crippen molar-refractivity contribution in [2.45, 2.75) is 25.3 Å². The third-order valence-electron chi connectivity index (χ3n) is 2.04. The van der Waals surface area contributed by atoms with Gasteiger partial charge in [0.2, 0.25) is 0 Å². The smallest absolute Gasteiger partial charge is 0.0769 e. The molecule has 0 radical (unpaired) electrons. The molecule has 0 bridgehead atoms. The number of rotatable bonds is 6. The summed E-state index contributed by atoms with van der Waals surface area (Å²) in [5.74, 6) is 5.44. The average Bonchev–Trinajstić information content (AvgIpc) is 2.26. The second-order valence-electron chi connectivity index (χ2n) is 3.07. The van der Waals surface area contributed by atoms with E-state index in [2.05, 4.69) is 22.0 Å². The van der Waals surface area contributed by atoms with Crippen molar-refractivity contribution in [3.05, 3.63) is 36.9 Å². The van der Waals surface area contributed by atoms with Gasteiger partial charge in [-0.15, -0.1) is 6.58 Å². The predicted octanol–water partition coefficient (Wildman–Crippen LogP) is 1.34. The molecule has 0 spiro atoms. The van der Waals surface area contributed by atoms with E-state index in [1.165, 1.54) is 0 Å². The van der Waals surface area contributed by atoms with Gasteiger partial charge in [-0.25, -0.2) is 0 Å². The van der Waals surface area contributed by atoms with Crippen molar-refractivity contribution in [3.63, 3.8) is 0 Å². The van der Waals surface area contributed by atoms with Gasteiger partial charge in [-0.2, -0.15) is 0 Å². The molecule has 0 amide bonds. The lowest BCUT2D eigenvalue weighted by molar-refractivity contribution is 0.488. The van der Waals surface area contributed by atoms with Gasteiger partial charge in [0.1, 0.15) is 0 Å². The van der Waals surface area contributed by atoms with Crippen LogP contribution in [0.4, 0.5) is 0 Å². The van der Waals surface area contributed by atoms with E-state index in [0.29, 0.717) is 0 Å². The van der Waals surface area contributed by atoms with Crippen LogP contribution in [0.2, 0.25) is 0 Å². The lowest BCUT2D eigenvalue weighted by Gasteiger charge is -2.13. The summed E-state index contributed by atoms with van der Waals surface area (Å²) in [6, 6.07) is 0.0867. The van der Waals surface area contributed by atoms with E-state index in [4.69, 9.17) is 5.84 Å². The first-order chi connectivity index (χ1) is 6.88. The Balaban J connectivity index is 2.50. The molecule has 0 saturated carbocycles. The van der Waals surface area contributed by atoms with E-state index < -0.39 is 0 Å². The zero-order valence-corrected chi connectivity index (χ0v) is 8.19. The summed E-state index contributed by atoms with van der Waals surface area (Å²) in [7, 11) is 0. The minimum Gasteiger partial charge on any atom is -0.271 e. The van der Waals surface area contributed by atoms with Crippen molar-refractivity contribution in [1.82, 2.24) is 15.4 Å². The lowest BCUT2D eigenvalue weighted by Crippen LogP contribution is -2.28.